The van der Waals surface area contributed by atoms with Crippen molar-refractivity contribution in [3.63, 3.8) is 0 Å². The summed E-state index contributed by atoms with van der Waals surface area (Å²) in [7, 11) is 4.66. The van der Waals surface area contributed by atoms with E-state index >= 15 is 0 Å². The maximum absolute atomic E-state index is 12.5. The molecule has 0 bridgehead atoms. The molecule has 1 fully saturated rings. The van der Waals surface area contributed by atoms with Crippen molar-refractivity contribution >= 4 is 28.5 Å². The smallest absolute Gasteiger partial charge is 0.337 e. The van der Waals surface area contributed by atoms with Crippen LogP contribution in [0.3, 0.4) is 0 Å². The van der Waals surface area contributed by atoms with Gasteiger partial charge in [0, 0.05) is 29.7 Å². The molecule has 0 amide bonds. The Kier molecular flexibility index (Phi) is 5.98. The van der Waals surface area contributed by atoms with Crippen molar-refractivity contribution in [2.75, 3.05) is 34.4 Å². The van der Waals surface area contributed by atoms with Crippen molar-refractivity contribution in [3.8, 4) is 5.75 Å². The minimum absolute atomic E-state index is 0.0755. The summed E-state index contributed by atoms with van der Waals surface area (Å²) in [6, 6.07) is 4.08. The minimum atomic E-state index is -0.310. The number of methoxy groups -OCH3 is 3. The van der Waals surface area contributed by atoms with E-state index in [1.54, 1.807) is 20.5 Å². The molecule has 2 aromatic rings. The van der Waals surface area contributed by atoms with Crippen LogP contribution < -0.4 is 4.74 Å². The molecule has 30 heavy (non-hydrogen) atoms. The molecule has 0 spiro atoms. The molecule has 1 N–H and O–H groups in total. The maximum atomic E-state index is 12.5. The van der Waals surface area contributed by atoms with Gasteiger partial charge in [-0.05, 0) is 42.4 Å². The molecule has 4 rings (SSSR count). The van der Waals surface area contributed by atoms with Gasteiger partial charge in [-0.15, -0.1) is 0 Å². The lowest BCUT2D eigenvalue weighted by molar-refractivity contribution is -0.137. The molecule has 0 aliphatic carbocycles. The average Bonchev–Trinajstić information content (AvgIpc) is 3.15. The van der Waals surface area contributed by atoms with Crippen molar-refractivity contribution < 1.29 is 19.0 Å². The van der Waals surface area contributed by atoms with Crippen molar-refractivity contribution in [3.05, 3.63) is 40.2 Å². The summed E-state index contributed by atoms with van der Waals surface area (Å²) < 4.78 is 16.0. The first-order valence-corrected chi connectivity index (χ1v) is 10.8. The summed E-state index contributed by atoms with van der Waals surface area (Å²) >= 11 is 6.41. The van der Waals surface area contributed by atoms with E-state index in [-0.39, 0.29) is 17.9 Å². The number of hydrogen-bond acceptors (Lipinski definition) is 5. The number of carbonyl (C=O) groups is 1. The van der Waals surface area contributed by atoms with Crippen LogP contribution in [0.15, 0.2) is 24.0 Å². The first-order chi connectivity index (χ1) is 14.5. The number of esters is 1. The number of benzene rings is 1. The number of aromatic nitrogens is 1. The number of nitrogens with one attached hydrogen (secondary N) is 1. The third-order valence-electron chi connectivity index (χ3n) is 6.74. The average molecular weight is 433 g/mol. The van der Waals surface area contributed by atoms with Crippen LogP contribution in [0.4, 0.5) is 0 Å². The van der Waals surface area contributed by atoms with E-state index in [4.69, 9.17) is 25.8 Å². The number of aromatic amines is 1. The highest BCUT2D eigenvalue weighted by Crippen LogP contribution is 2.48. The fraction of sp³-hybridized carbons (Fsp3) is 0.522. The zero-order chi connectivity index (χ0) is 21.4. The molecule has 6 nitrogen and oxygen atoms in total. The van der Waals surface area contributed by atoms with E-state index in [0.29, 0.717) is 16.5 Å². The third kappa shape index (κ3) is 3.36. The van der Waals surface area contributed by atoms with Gasteiger partial charge in [0.15, 0.2) is 0 Å². The molecule has 1 aromatic carbocycles. The van der Waals surface area contributed by atoms with E-state index in [1.165, 1.54) is 18.4 Å². The molecular weight excluding hydrogens is 404 g/mol. The number of halogens is 1. The highest BCUT2D eigenvalue weighted by atomic mass is 35.5. The summed E-state index contributed by atoms with van der Waals surface area (Å²) in [5.74, 6) is 0.867. The van der Waals surface area contributed by atoms with Gasteiger partial charge in [0.2, 0.25) is 0 Å². The first-order valence-electron chi connectivity index (χ1n) is 10.5. The predicted octanol–water partition coefficient (Wildman–Crippen LogP) is 4.48. The minimum Gasteiger partial charge on any atom is -0.504 e. The van der Waals surface area contributed by atoms with Crippen LogP contribution >= 0.6 is 11.6 Å². The van der Waals surface area contributed by atoms with Crippen molar-refractivity contribution in [2.24, 2.45) is 11.8 Å². The fourth-order valence-corrected chi connectivity index (χ4v) is 5.56. The van der Waals surface area contributed by atoms with E-state index in [1.807, 2.05) is 12.1 Å². The Bertz CT molecular complexity index is 983. The predicted molar refractivity (Wildman–Crippen MR) is 117 cm³/mol. The molecular formula is C23H29ClN2O4. The Morgan fingerprint density at radius 3 is 2.80 bits per heavy atom. The van der Waals surface area contributed by atoms with Crippen molar-refractivity contribution in [1.29, 1.82) is 0 Å². The highest BCUT2D eigenvalue weighted by molar-refractivity contribution is 6.33. The number of carbonyl (C=O) groups excluding carboxylic acids is 1. The molecule has 1 saturated heterocycles. The van der Waals surface area contributed by atoms with Crippen LogP contribution in [0, 0.1) is 11.8 Å². The van der Waals surface area contributed by atoms with Crippen LogP contribution in [0.1, 0.15) is 37.1 Å². The molecule has 1 aromatic heterocycles. The lowest BCUT2D eigenvalue weighted by atomic mass is 9.74. The van der Waals surface area contributed by atoms with E-state index in [2.05, 4.69) is 16.8 Å². The topological polar surface area (TPSA) is 63.8 Å². The van der Waals surface area contributed by atoms with Crippen LogP contribution in [0.25, 0.3) is 10.9 Å². The molecule has 2 aliphatic rings. The molecule has 3 atom stereocenters. The number of ether oxygens (including phenoxy) is 3. The Balaban J connectivity index is 1.78. The Hall–Kier alpha value is -2.18. The highest BCUT2D eigenvalue weighted by Gasteiger charge is 2.42. The summed E-state index contributed by atoms with van der Waals surface area (Å²) in [6.07, 6.45) is 4.33. The quantitative estimate of drug-likeness (QED) is 0.428. The van der Waals surface area contributed by atoms with Crippen LogP contribution in [-0.4, -0.2) is 50.3 Å². The van der Waals surface area contributed by atoms with E-state index in [0.717, 1.165) is 49.0 Å². The van der Waals surface area contributed by atoms with Crippen LogP contribution in [0.5, 0.6) is 5.75 Å². The third-order valence-corrected chi connectivity index (χ3v) is 7.04. The maximum Gasteiger partial charge on any atom is 0.337 e. The monoisotopic (exact) mass is 432 g/mol. The lowest BCUT2D eigenvalue weighted by Crippen LogP contribution is -2.47. The second kappa shape index (κ2) is 8.52. The number of piperidine rings is 1. The van der Waals surface area contributed by atoms with Gasteiger partial charge in [-0.1, -0.05) is 24.9 Å². The summed E-state index contributed by atoms with van der Waals surface area (Å²) in [5, 5.41) is 1.70. The standard InChI is InChI=1S/C23H29ClN2O4/c1-5-13-11-26-9-8-14-20-18(7-6-17(24)22(20)29-3)25-21(14)19(26)10-15(13)16(12-28-2)23(27)30-4/h6-7,12-13,15,19,25H,5,8-11H2,1-4H3/b16-12+/t13-,15+,19+/m1/s1. The summed E-state index contributed by atoms with van der Waals surface area (Å²) in [4.78, 5) is 18.7. The van der Waals surface area contributed by atoms with Gasteiger partial charge in [-0.2, -0.15) is 0 Å². The number of fused-ring (bicyclic) bond motifs is 5. The lowest BCUT2D eigenvalue weighted by Gasteiger charge is -2.46. The number of H-pyrrole nitrogens is 1. The second-order valence-electron chi connectivity index (χ2n) is 8.09. The SMILES string of the molecule is CC[C@@H]1CN2CCc3c([nH]c4ccc(Cl)c(OC)c34)[C@@H]2C[C@@H]1/C(=C\OC)C(=O)OC. The zero-order valence-corrected chi connectivity index (χ0v) is 18.7. The molecule has 0 radical (unpaired) electrons. The normalized spacial score (nSPS) is 24.3. The summed E-state index contributed by atoms with van der Waals surface area (Å²) in [6.45, 7) is 4.10. The fourth-order valence-electron chi connectivity index (χ4n) is 5.33. The van der Waals surface area contributed by atoms with Crippen LogP contribution in [-0.2, 0) is 20.7 Å². The van der Waals surface area contributed by atoms with Crippen LogP contribution in [0.2, 0.25) is 5.02 Å². The van der Waals surface area contributed by atoms with Gasteiger partial charge < -0.3 is 19.2 Å². The first kappa shape index (κ1) is 21.1. The van der Waals surface area contributed by atoms with Gasteiger partial charge >= 0.3 is 5.97 Å². The zero-order valence-electron chi connectivity index (χ0n) is 18.0. The molecule has 3 heterocycles. The number of nitrogens with zero attached hydrogens (tertiary/aromatic N) is 1. The van der Waals surface area contributed by atoms with Gasteiger partial charge in [0.1, 0.15) is 5.75 Å². The molecule has 0 saturated carbocycles. The molecule has 0 unspecified atom stereocenters. The molecule has 2 aliphatic heterocycles. The van der Waals surface area contributed by atoms with Crippen molar-refractivity contribution in [1.82, 2.24) is 9.88 Å². The number of hydrogen-bond donors (Lipinski definition) is 1. The van der Waals surface area contributed by atoms with E-state index in [9.17, 15) is 4.79 Å². The van der Waals surface area contributed by atoms with Gasteiger partial charge in [0.25, 0.3) is 0 Å². The Labute approximate surface area is 182 Å². The van der Waals surface area contributed by atoms with E-state index < -0.39 is 0 Å². The molecule has 162 valence electrons. The Morgan fingerprint density at radius 2 is 2.13 bits per heavy atom. The Morgan fingerprint density at radius 1 is 1.33 bits per heavy atom. The second-order valence-corrected chi connectivity index (χ2v) is 8.50. The van der Waals surface area contributed by atoms with Gasteiger partial charge in [-0.3, -0.25) is 4.90 Å². The van der Waals surface area contributed by atoms with Gasteiger partial charge in [-0.25, -0.2) is 4.79 Å². The van der Waals surface area contributed by atoms with Crippen molar-refractivity contribution in [2.45, 2.75) is 32.2 Å². The largest absolute Gasteiger partial charge is 0.504 e. The molecule has 7 heteroatoms. The summed E-state index contributed by atoms with van der Waals surface area (Å²) in [5.41, 5.74) is 4.14. The number of rotatable bonds is 5. The van der Waals surface area contributed by atoms with Gasteiger partial charge in [0.05, 0.1) is 44.2 Å².